The number of alkyl halides is 3. The number of aryl methyl sites for hydroxylation is 1. The first-order valence-electron chi connectivity index (χ1n) is 5.79. The lowest BCUT2D eigenvalue weighted by Crippen LogP contribution is -2.14. The normalized spacial score (nSPS) is 15.0. The summed E-state index contributed by atoms with van der Waals surface area (Å²) in [5, 5.41) is 13.9. The van der Waals surface area contributed by atoms with Gasteiger partial charge in [-0.1, -0.05) is 24.6 Å². The van der Waals surface area contributed by atoms with Crippen molar-refractivity contribution in [3.05, 3.63) is 50.2 Å². The molecule has 111 valence electrons. The molecule has 21 heavy (non-hydrogen) atoms. The van der Waals surface area contributed by atoms with Gasteiger partial charge >= 0.3 is 12.0 Å². The number of nitro groups is 1. The molecule has 2 rings (SSSR count). The van der Waals surface area contributed by atoms with Crippen LogP contribution in [0.4, 0.5) is 13.2 Å². The van der Waals surface area contributed by atoms with Crippen LogP contribution >= 0.6 is 11.6 Å². The zero-order valence-electron chi connectivity index (χ0n) is 10.6. The first-order chi connectivity index (χ1) is 9.75. The lowest BCUT2D eigenvalue weighted by molar-refractivity contribution is -0.347. The van der Waals surface area contributed by atoms with Gasteiger partial charge in [-0.25, -0.2) is 0 Å². The summed E-state index contributed by atoms with van der Waals surface area (Å²) in [5.41, 5.74) is 2.78. The quantitative estimate of drug-likeness (QED) is 0.476. The Hall–Kier alpha value is -2.09. The maximum atomic E-state index is 12.8. The lowest BCUT2D eigenvalue weighted by atomic mass is 9.95. The molecule has 1 radical (unpaired) electrons. The molecule has 0 bridgehead atoms. The van der Waals surface area contributed by atoms with E-state index in [9.17, 15) is 23.3 Å². The molecule has 9 heteroatoms. The van der Waals surface area contributed by atoms with Crippen LogP contribution in [0.25, 0.3) is 5.57 Å². The molecular weight excluding hydrogens is 311 g/mol. The van der Waals surface area contributed by atoms with E-state index in [1.165, 1.54) is 6.07 Å². The van der Waals surface area contributed by atoms with Crippen molar-refractivity contribution in [1.82, 2.24) is 5.43 Å². The summed E-state index contributed by atoms with van der Waals surface area (Å²) in [7, 11) is 0. The summed E-state index contributed by atoms with van der Waals surface area (Å²) < 4.78 is 38.4. The Balaban J connectivity index is 2.65. The lowest BCUT2D eigenvalue weighted by Gasteiger charge is -2.12. The Kier molecular flexibility index (Phi) is 3.91. The molecular formula is C12H8ClF3N3O2. The van der Waals surface area contributed by atoms with Crippen molar-refractivity contribution in [1.29, 1.82) is 0 Å². The minimum absolute atomic E-state index is 0.0222. The van der Waals surface area contributed by atoms with E-state index in [-0.39, 0.29) is 16.3 Å². The van der Waals surface area contributed by atoms with Crippen LogP contribution in [-0.2, 0) is 12.6 Å². The van der Waals surface area contributed by atoms with Crippen LogP contribution in [0, 0.1) is 10.1 Å². The summed E-state index contributed by atoms with van der Waals surface area (Å²) in [6, 6.07) is 3.02. The number of amidine groups is 1. The van der Waals surface area contributed by atoms with Crippen LogP contribution in [0.3, 0.4) is 0 Å². The molecule has 0 saturated carbocycles. The predicted octanol–water partition coefficient (Wildman–Crippen LogP) is 3.38. The third kappa shape index (κ3) is 2.85. The summed E-state index contributed by atoms with van der Waals surface area (Å²) in [6.45, 7) is 1.72. The van der Waals surface area contributed by atoms with Gasteiger partial charge < -0.3 is 10.1 Å². The molecule has 0 amide bonds. The topological polar surface area (TPSA) is 69.6 Å². The van der Waals surface area contributed by atoms with Crippen molar-refractivity contribution in [2.45, 2.75) is 19.5 Å². The number of hydrogen-bond donors (Lipinski definition) is 0. The summed E-state index contributed by atoms with van der Waals surface area (Å²) in [4.78, 5) is 10.1. The highest BCUT2D eigenvalue weighted by atomic mass is 35.5. The molecule has 0 spiro atoms. The fourth-order valence-corrected chi connectivity index (χ4v) is 2.16. The second-order valence-electron chi connectivity index (χ2n) is 4.17. The van der Waals surface area contributed by atoms with Gasteiger partial charge in [-0.3, -0.25) is 0 Å². The van der Waals surface area contributed by atoms with Crippen molar-refractivity contribution in [2.75, 3.05) is 0 Å². The van der Waals surface area contributed by atoms with Gasteiger partial charge in [0.25, 0.3) is 0 Å². The molecule has 0 N–H and O–H groups in total. The van der Waals surface area contributed by atoms with Crippen LogP contribution in [0.2, 0.25) is 0 Å². The van der Waals surface area contributed by atoms with Crippen molar-refractivity contribution in [3.63, 3.8) is 0 Å². The molecule has 1 aromatic rings. The number of hydrogen-bond acceptors (Lipinski definition) is 3. The molecule has 0 aromatic heterocycles. The van der Waals surface area contributed by atoms with Gasteiger partial charge in [0.05, 0.1) is 10.7 Å². The Bertz CT molecular complexity index is 668. The number of halogens is 4. The van der Waals surface area contributed by atoms with E-state index in [0.717, 1.165) is 12.1 Å². The van der Waals surface area contributed by atoms with Crippen LogP contribution in [0.5, 0.6) is 0 Å². The van der Waals surface area contributed by atoms with Gasteiger partial charge in [0.1, 0.15) is 5.57 Å². The average Bonchev–Trinajstić information content (AvgIpc) is 2.78. The highest BCUT2D eigenvalue weighted by Crippen LogP contribution is 2.35. The first kappa shape index (κ1) is 15.3. The third-order valence-electron chi connectivity index (χ3n) is 2.92. The maximum absolute atomic E-state index is 12.8. The number of rotatable bonds is 2. The van der Waals surface area contributed by atoms with E-state index in [2.05, 4.69) is 10.5 Å². The molecule has 1 aromatic carbocycles. The van der Waals surface area contributed by atoms with E-state index >= 15 is 0 Å². The van der Waals surface area contributed by atoms with Crippen molar-refractivity contribution in [3.8, 4) is 0 Å². The van der Waals surface area contributed by atoms with E-state index in [4.69, 9.17) is 11.6 Å². The smallest absolute Gasteiger partial charge is 0.358 e. The first-order valence-corrected chi connectivity index (χ1v) is 6.17. The Labute approximate surface area is 122 Å². The molecule has 1 aliphatic rings. The maximum Gasteiger partial charge on any atom is 0.416 e. The van der Waals surface area contributed by atoms with Gasteiger partial charge in [0.2, 0.25) is 0 Å². The molecule has 0 saturated heterocycles. The van der Waals surface area contributed by atoms with Crippen molar-refractivity contribution < 1.29 is 18.1 Å². The average molecular weight is 319 g/mol. The SMILES string of the molecule is CCc1ccc(C(F)(F)F)cc1C1=C(Cl)[N]N=C1[N+](=O)[O-]. The van der Waals surface area contributed by atoms with Gasteiger partial charge in [-0.2, -0.15) is 13.2 Å². The fourth-order valence-electron chi connectivity index (χ4n) is 1.94. The third-order valence-corrected chi connectivity index (χ3v) is 3.19. The molecule has 0 atom stereocenters. The van der Waals surface area contributed by atoms with E-state index in [1.807, 2.05) is 0 Å². The second-order valence-corrected chi connectivity index (χ2v) is 4.53. The molecule has 0 aliphatic carbocycles. The fraction of sp³-hybridized carbons (Fsp3) is 0.250. The number of benzene rings is 1. The summed E-state index contributed by atoms with van der Waals surface area (Å²) in [5.74, 6) is -0.658. The minimum atomic E-state index is -4.56. The monoisotopic (exact) mass is 318 g/mol. The van der Waals surface area contributed by atoms with Gasteiger partial charge in [0.15, 0.2) is 5.16 Å². The summed E-state index contributed by atoms with van der Waals surface area (Å²) in [6.07, 6.45) is -4.18. The minimum Gasteiger partial charge on any atom is -0.358 e. The van der Waals surface area contributed by atoms with Crippen LogP contribution in [0.15, 0.2) is 28.5 Å². The standard InChI is InChI=1S/C12H8ClF3N3O2/c1-2-6-3-4-7(12(14,15)16)5-8(6)9-10(13)17-18-11(9)19(20)21/h3-5H,2H2,1H3. The molecule has 5 nitrogen and oxygen atoms in total. The highest BCUT2D eigenvalue weighted by molar-refractivity contribution is 6.40. The van der Waals surface area contributed by atoms with Gasteiger partial charge in [-0.15, -0.1) is 0 Å². The van der Waals surface area contributed by atoms with E-state index in [1.54, 1.807) is 6.92 Å². The molecule has 1 heterocycles. The zero-order valence-corrected chi connectivity index (χ0v) is 11.4. The van der Waals surface area contributed by atoms with E-state index in [0.29, 0.717) is 12.0 Å². The van der Waals surface area contributed by atoms with E-state index < -0.39 is 22.5 Å². The largest absolute Gasteiger partial charge is 0.416 e. The highest BCUT2D eigenvalue weighted by Gasteiger charge is 2.37. The van der Waals surface area contributed by atoms with Gasteiger partial charge in [-0.05, 0) is 40.0 Å². The van der Waals surface area contributed by atoms with Crippen molar-refractivity contribution >= 4 is 23.0 Å². The van der Waals surface area contributed by atoms with Crippen LogP contribution in [-0.4, -0.2) is 10.8 Å². The predicted molar refractivity (Wildman–Crippen MR) is 70.2 cm³/mol. The molecule has 1 aliphatic heterocycles. The Morgan fingerprint density at radius 1 is 1.38 bits per heavy atom. The molecule has 0 unspecified atom stereocenters. The number of nitrogens with zero attached hydrogens (tertiary/aromatic N) is 3. The Morgan fingerprint density at radius 2 is 2.05 bits per heavy atom. The summed E-state index contributed by atoms with van der Waals surface area (Å²) >= 11 is 5.76. The van der Waals surface area contributed by atoms with Gasteiger partial charge in [0, 0.05) is 0 Å². The second kappa shape index (κ2) is 5.36. The Morgan fingerprint density at radius 3 is 2.57 bits per heavy atom. The molecule has 0 fully saturated rings. The van der Waals surface area contributed by atoms with Crippen molar-refractivity contribution in [2.24, 2.45) is 5.10 Å². The zero-order chi connectivity index (χ0) is 15.8. The van der Waals surface area contributed by atoms with Crippen LogP contribution < -0.4 is 5.43 Å². The van der Waals surface area contributed by atoms with Crippen LogP contribution in [0.1, 0.15) is 23.6 Å².